The number of nitro benzene ring substituents is 1. The summed E-state index contributed by atoms with van der Waals surface area (Å²) in [6.07, 6.45) is 1.61. The van der Waals surface area contributed by atoms with Gasteiger partial charge in [0.05, 0.1) is 17.1 Å². The SMILES string of the molecule is Cc1cccc([N+](=O)[O-])c1C1C=NOC1. The molecule has 1 atom stereocenters. The van der Waals surface area contributed by atoms with E-state index in [9.17, 15) is 10.1 Å². The number of aryl methyl sites for hydroxylation is 1. The van der Waals surface area contributed by atoms with Crippen LogP contribution in [0.25, 0.3) is 0 Å². The Morgan fingerprint density at radius 3 is 3.00 bits per heavy atom. The topological polar surface area (TPSA) is 64.7 Å². The van der Waals surface area contributed by atoms with Crippen molar-refractivity contribution < 1.29 is 9.76 Å². The van der Waals surface area contributed by atoms with Crippen LogP contribution in [0.1, 0.15) is 17.0 Å². The fraction of sp³-hybridized carbons (Fsp3) is 0.300. The first kappa shape index (κ1) is 9.64. The minimum atomic E-state index is -0.367. The highest BCUT2D eigenvalue weighted by Gasteiger charge is 2.25. The maximum atomic E-state index is 10.9. The van der Waals surface area contributed by atoms with E-state index in [1.165, 1.54) is 6.07 Å². The van der Waals surface area contributed by atoms with E-state index in [4.69, 9.17) is 4.84 Å². The highest BCUT2D eigenvalue weighted by Crippen LogP contribution is 2.30. The van der Waals surface area contributed by atoms with Crippen LogP contribution in [0, 0.1) is 17.0 Å². The molecule has 2 rings (SSSR count). The van der Waals surface area contributed by atoms with Crippen LogP contribution >= 0.6 is 0 Å². The molecule has 0 aromatic heterocycles. The van der Waals surface area contributed by atoms with Crippen LogP contribution in [0.15, 0.2) is 23.4 Å². The second-order valence-electron chi connectivity index (χ2n) is 3.42. The zero-order chi connectivity index (χ0) is 10.8. The minimum Gasteiger partial charge on any atom is -0.395 e. The standard InChI is InChI=1S/C10H10N2O3/c1-7-3-2-4-9(12(13)14)10(7)8-5-11-15-6-8/h2-5,8H,6H2,1H3. The Balaban J connectivity index is 2.51. The first-order valence-corrected chi connectivity index (χ1v) is 4.59. The fourth-order valence-electron chi connectivity index (χ4n) is 1.75. The Morgan fingerprint density at radius 1 is 1.60 bits per heavy atom. The summed E-state index contributed by atoms with van der Waals surface area (Å²) in [7, 11) is 0. The van der Waals surface area contributed by atoms with Gasteiger partial charge in [-0.05, 0) is 12.5 Å². The lowest BCUT2D eigenvalue weighted by atomic mass is 9.95. The van der Waals surface area contributed by atoms with E-state index in [2.05, 4.69) is 5.16 Å². The molecule has 0 fully saturated rings. The maximum Gasteiger partial charge on any atom is 0.273 e. The maximum absolute atomic E-state index is 10.9. The summed E-state index contributed by atoms with van der Waals surface area (Å²) in [4.78, 5) is 15.3. The number of nitro groups is 1. The van der Waals surface area contributed by atoms with Crippen LogP contribution in [0.4, 0.5) is 5.69 Å². The quantitative estimate of drug-likeness (QED) is 0.549. The van der Waals surface area contributed by atoms with Crippen LogP contribution in [0.2, 0.25) is 0 Å². The summed E-state index contributed by atoms with van der Waals surface area (Å²) < 4.78 is 0. The van der Waals surface area contributed by atoms with Crippen LogP contribution in [-0.2, 0) is 4.84 Å². The smallest absolute Gasteiger partial charge is 0.273 e. The Hall–Kier alpha value is -1.91. The molecule has 0 bridgehead atoms. The second-order valence-corrected chi connectivity index (χ2v) is 3.42. The van der Waals surface area contributed by atoms with Crippen molar-refractivity contribution in [1.82, 2.24) is 0 Å². The Morgan fingerprint density at radius 2 is 2.40 bits per heavy atom. The van der Waals surface area contributed by atoms with Crippen LogP contribution in [0.5, 0.6) is 0 Å². The summed E-state index contributed by atoms with van der Waals surface area (Å²) in [5.41, 5.74) is 1.73. The van der Waals surface area contributed by atoms with Crippen LogP contribution in [0.3, 0.4) is 0 Å². The van der Waals surface area contributed by atoms with E-state index in [1.54, 1.807) is 12.3 Å². The summed E-state index contributed by atoms with van der Waals surface area (Å²) in [6.45, 7) is 2.24. The molecule has 1 aliphatic heterocycles. The summed E-state index contributed by atoms with van der Waals surface area (Å²) in [6, 6.07) is 5.05. The lowest BCUT2D eigenvalue weighted by Crippen LogP contribution is -2.07. The van der Waals surface area contributed by atoms with Crippen molar-refractivity contribution in [3.8, 4) is 0 Å². The van der Waals surface area contributed by atoms with E-state index in [-0.39, 0.29) is 16.5 Å². The molecule has 15 heavy (non-hydrogen) atoms. The highest BCUT2D eigenvalue weighted by molar-refractivity contribution is 5.72. The Bertz CT molecular complexity index is 429. The van der Waals surface area contributed by atoms with Gasteiger partial charge in [0.1, 0.15) is 6.61 Å². The molecule has 0 saturated carbocycles. The average molecular weight is 206 g/mol. The van der Waals surface area contributed by atoms with E-state index in [1.807, 2.05) is 13.0 Å². The van der Waals surface area contributed by atoms with Gasteiger partial charge in [-0.1, -0.05) is 17.3 Å². The third kappa shape index (κ3) is 1.68. The van der Waals surface area contributed by atoms with Gasteiger partial charge in [0, 0.05) is 11.6 Å². The molecular weight excluding hydrogens is 196 g/mol. The molecule has 78 valence electrons. The molecule has 0 aliphatic carbocycles. The molecule has 0 amide bonds. The van der Waals surface area contributed by atoms with Crippen molar-refractivity contribution in [2.75, 3.05) is 6.61 Å². The highest BCUT2D eigenvalue weighted by atomic mass is 16.6. The summed E-state index contributed by atoms with van der Waals surface area (Å²) >= 11 is 0. The van der Waals surface area contributed by atoms with Gasteiger partial charge in [0.15, 0.2) is 0 Å². The third-order valence-electron chi connectivity index (χ3n) is 2.44. The van der Waals surface area contributed by atoms with Gasteiger partial charge in [-0.25, -0.2) is 0 Å². The lowest BCUT2D eigenvalue weighted by Gasteiger charge is -2.09. The molecule has 1 aromatic carbocycles. The predicted octanol–water partition coefficient (Wildman–Crippen LogP) is 2.00. The molecule has 0 spiro atoms. The third-order valence-corrected chi connectivity index (χ3v) is 2.44. The van der Waals surface area contributed by atoms with Gasteiger partial charge in [-0.15, -0.1) is 0 Å². The van der Waals surface area contributed by atoms with E-state index >= 15 is 0 Å². The first-order chi connectivity index (χ1) is 7.20. The molecule has 0 N–H and O–H groups in total. The minimum absolute atomic E-state index is 0.105. The zero-order valence-corrected chi connectivity index (χ0v) is 8.21. The van der Waals surface area contributed by atoms with Gasteiger partial charge in [0.2, 0.25) is 0 Å². The predicted molar refractivity (Wildman–Crippen MR) is 55.0 cm³/mol. The molecule has 1 aliphatic rings. The number of nitrogens with zero attached hydrogens (tertiary/aromatic N) is 2. The largest absolute Gasteiger partial charge is 0.395 e. The van der Waals surface area contributed by atoms with E-state index in [0.717, 1.165) is 5.56 Å². The Kier molecular flexibility index (Phi) is 2.37. The molecular formula is C10H10N2O3. The number of benzene rings is 1. The summed E-state index contributed by atoms with van der Waals surface area (Å²) in [5.74, 6) is -0.105. The second kappa shape index (κ2) is 3.68. The van der Waals surface area contributed by atoms with Gasteiger partial charge in [-0.3, -0.25) is 10.1 Å². The number of hydrogen-bond donors (Lipinski definition) is 0. The van der Waals surface area contributed by atoms with Crippen molar-refractivity contribution in [3.05, 3.63) is 39.4 Å². The van der Waals surface area contributed by atoms with Gasteiger partial charge >= 0.3 is 0 Å². The number of hydrogen-bond acceptors (Lipinski definition) is 4. The molecule has 1 aromatic rings. The Labute approximate surface area is 86.5 Å². The van der Waals surface area contributed by atoms with E-state index in [0.29, 0.717) is 12.2 Å². The molecule has 5 heteroatoms. The molecule has 0 saturated heterocycles. The van der Waals surface area contributed by atoms with Crippen LogP contribution in [-0.4, -0.2) is 17.7 Å². The zero-order valence-electron chi connectivity index (χ0n) is 8.21. The molecule has 0 radical (unpaired) electrons. The monoisotopic (exact) mass is 206 g/mol. The van der Waals surface area contributed by atoms with E-state index < -0.39 is 0 Å². The van der Waals surface area contributed by atoms with Gasteiger partial charge in [-0.2, -0.15) is 0 Å². The van der Waals surface area contributed by atoms with Crippen LogP contribution < -0.4 is 0 Å². The van der Waals surface area contributed by atoms with Crippen molar-refractivity contribution in [3.63, 3.8) is 0 Å². The average Bonchev–Trinajstić information content (AvgIpc) is 2.70. The lowest BCUT2D eigenvalue weighted by molar-refractivity contribution is -0.385. The van der Waals surface area contributed by atoms with Crippen molar-refractivity contribution in [2.24, 2.45) is 5.16 Å². The molecule has 5 nitrogen and oxygen atoms in total. The van der Waals surface area contributed by atoms with Crippen molar-refractivity contribution in [2.45, 2.75) is 12.8 Å². The number of oxime groups is 1. The van der Waals surface area contributed by atoms with Gasteiger partial charge in [0.25, 0.3) is 5.69 Å². The van der Waals surface area contributed by atoms with Crippen molar-refractivity contribution in [1.29, 1.82) is 0 Å². The fourth-order valence-corrected chi connectivity index (χ4v) is 1.75. The molecule has 1 heterocycles. The first-order valence-electron chi connectivity index (χ1n) is 4.59. The normalized spacial score (nSPS) is 18.9. The van der Waals surface area contributed by atoms with Crippen molar-refractivity contribution >= 4 is 11.9 Å². The number of rotatable bonds is 2. The molecule has 1 unspecified atom stereocenters. The summed E-state index contributed by atoms with van der Waals surface area (Å²) in [5, 5.41) is 14.5. The van der Waals surface area contributed by atoms with Gasteiger partial charge < -0.3 is 4.84 Å².